The van der Waals surface area contributed by atoms with Gasteiger partial charge >= 0.3 is 0 Å². The molecule has 18 heavy (non-hydrogen) atoms. The minimum atomic E-state index is -0.517. The number of benzene rings is 1. The Balaban J connectivity index is 2.19. The number of nitrogens with two attached hydrogens (primary N) is 1. The van der Waals surface area contributed by atoms with Crippen LogP contribution in [-0.2, 0) is 0 Å². The van der Waals surface area contributed by atoms with Gasteiger partial charge in [-0.05, 0) is 48.1 Å². The third-order valence-corrected chi connectivity index (χ3v) is 4.36. The van der Waals surface area contributed by atoms with E-state index >= 15 is 0 Å². The van der Waals surface area contributed by atoms with Crippen molar-refractivity contribution in [3.63, 3.8) is 0 Å². The van der Waals surface area contributed by atoms with Crippen LogP contribution in [0.15, 0.2) is 24.3 Å². The van der Waals surface area contributed by atoms with Crippen molar-refractivity contribution in [1.82, 2.24) is 0 Å². The highest BCUT2D eigenvalue weighted by molar-refractivity contribution is 5.32. The number of hydrogen-bond acceptors (Lipinski definition) is 2. The number of aliphatic hydroxyl groups excluding tert-OH is 1. The summed E-state index contributed by atoms with van der Waals surface area (Å²) >= 11 is 0. The van der Waals surface area contributed by atoms with Gasteiger partial charge in [0, 0.05) is 6.54 Å². The van der Waals surface area contributed by atoms with Crippen molar-refractivity contribution < 1.29 is 5.11 Å². The molecule has 0 heterocycles. The summed E-state index contributed by atoms with van der Waals surface area (Å²) < 4.78 is 0. The first kappa shape index (κ1) is 13.6. The summed E-state index contributed by atoms with van der Waals surface area (Å²) in [5.74, 6) is 0.593. The topological polar surface area (TPSA) is 46.2 Å². The van der Waals surface area contributed by atoms with Crippen LogP contribution in [0.3, 0.4) is 0 Å². The van der Waals surface area contributed by atoms with E-state index in [1.54, 1.807) is 0 Å². The fourth-order valence-corrected chi connectivity index (χ4v) is 3.02. The summed E-state index contributed by atoms with van der Waals surface area (Å²) in [4.78, 5) is 0. The van der Waals surface area contributed by atoms with Gasteiger partial charge in [0.05, 0.1) is 6.10 Å². The summed E-state index contributed by atoms with van der Waals surface area (Å²) in [6.45, 7) is 5.00. The first-order valence-electron chi connectivity index (χ1n) is 7.00. The van der Waals surface area contributed by atoms with Crippen LogP contribution in [-0.4, -0.2) is 11.7 Å². The maximum absolute atomic E-state index is 10.0. The van der Waals surface area contributed by atoms with Crippen molar-refractivity contribution in [2.45, 2.75) is 51.6 Å². The Bertz CT molecular complexity index is 390. The average molecular weight is 247 g/mol. The first-order valence-corrected chi connectivity index (χ1v) is 7.00. The lowest BCUT2D eigenvalue weighted by molar-refractivity contribution is 0.181. The van der Waals surface area contributed by atoms with Crippen LogP contribution in [0, 0.1) is 5.41 Å². The summed E-state index contributed by atoms with van der Waals surface area (Å²) in [6, 6.07) is 8.25. The van der Waals surface area contributed by atoms with E-state index in [9.17, 15) is 5.11 Å². The summed E-state index contributed by atoms with van der Waals surface area (Å²) in [6.07, 6.45) is 4.47. The highest BCUT2D eigenvalue weighted by Gasteiger charge is 2.29. The third-order valence-electron chi connectivity index (χ3n) is 4.36. The standard InChI is InChI=1S/C16H25NO/c1-16(2)9-7-12(8-10-16)13-5-3-4-6-14(13)15(18)11-17/h3-6,12,15,18H,7-11,17H2,1-2H3. The zero-order valence-electron chi connectivity index (χ0n) is 11.5. The molecule has 0 bridgehead atoms. The molecular weight excluding hydrogens is 222 g/mol. The van der Waals surface area contributed by atoms with E-state index in [2.05, 4.69) is 26.0 Å². The number of aliphatic hydroxyl groups is 1. The SMILES string of the molecule is CC1(C)CCC(c2ccccc2C(O)CN)CC1. The lowest BCUT2D eigenvalue weighted by Gasteiger charge is -2.35. The van der Waals surface area contributed by atoms with Gasteiger partial charge in [-0.3, -0.25) is 0 Å². The smallest absolute Gasteiger partial charge is 0.0914 e. The summed E-state index contributed by atoms with van der Waals surface area (Å²) in [5, 5.41) is 10.0. The Morgan fingerprint density at radius 1 is 1.28 bits per heavy atom. The summed E-state index contributed by atoms with van der Waals surface area (Å²) in [7, 11) is 0. The van der Waals surface area contributed by atoms with Crippen molar-refractivity contribution in [2.75, 3.05) is 6.54 Å². The molecule has 1 aliphatic carbocycles. The number of hydrogen-bond donors (Lipinski definition) is 2. The Hall–Kier alpha value is -0.860. The molecule has 1 aromatic rings. The van der Waals surface area contributed by atoms with E-state index in [1.165, 1.54) is 31.2 Å². The molecule has 2 nitrogen and oxygen atoms in total. The van der Waals surface area contributed by atoms with Crippen LogP contribution < -0.4 is 5.73 Å². The predicted molar refractivity (Wildman–Crippen MR) is 75.4 cm³/mol. The lowest BCUT2D eigenvalue weighted by Crippen LogP contribution is -2.22. The molecule has 0 amide bonds. The van der Waals surface area contributed by atoms with Gasteiger partial charge in [-0.2, -0.15) is 0 Å². The fraction of sp³-hybridized carbons (Fsp3) is 0.625. The van der Waals surface area contributed by atoms with Crippen molar-refractivity contribution in [2.24, 2.45) is 11.1 Å². The second kappa shape index (κ2) is 5.41. The average Bonchev–Trinajstić information content (AvgIpc) is 2.38. The maximum atomic E-state index is 10.0. The minimum absolute atomic E-state index is 0.301. The van der Waals surface area contributed by atoms with Crippen LogP contribution in [0.2, 0.25) is 0 Å². The van der Waals surface area contributed by atoms with E-state index in [1.807, 2.05) is 12.1 Å². The largest absolute Gasteiger partial charge is 0.387 e. The van der Waals surface area contributed by atoms with Gasteiger partial charge < -0.3 is 10.8 Å². The maximum Gasteiger partial charge on any atom is 0.0914 e. The molecule has 1 saturated carbocycles. The van der Waals surface area contributed by atoms with E-state index in [0.29, 0.717) is 17.9 Å². The highest BCUT2D eigenvalue weighted by atomic mass is 16.3. The lowest BCUT2D eigenvalue weighted by atomic mass is 9.70. The Morgan fingerprint density at radius 3 is 2.50 bits per heavy atom. The fourth-order valence-electron chi connectivity index (χ4n) is 3.02. The minimum Gasteiger partial charge on any atom is -0.387 e. The zero-order valence-corrected chi connectivity index (χ0v) is 11.5. The molecule has 2 heteroatoms. The van der Waals surface area contributed by atoms with E-state index in [4.69, 9.17) is 5.73 Å². The molecule has 1 aliphatic rings. The van der Waals surface area contributed by atoms with Gasteiger partial charge in [0.1, 0.15) is 0 Å². The van der Waals surface area contributed by atoms with Crippen LogP contribution in [0.1, 0.15) is 62.7 Å². The van der Waals surface area contributed by atoms with Gasteiger partial charge in [-0.25, -0.2) is 0 Å². The normalized spacial score (nSPS) is 21.8. The molecule has 1 aromatic carbocycles. The Morgan fingerprint density at radius 2 is 1.89 bits per heavy atom. The van der Waals surface area contributed by atoms with Gasteiger partial charge in [0.2, 0.25) is 0 Å². The van der Waals surface area contributed by atoms with E-state index < -0.39 is 6.10 Å². The molecule has 0 spiro atoms. The van der Waals surface area contributed by atoms with Gasteiger partial charge in [0.15, 0.2) is 0 Å². The molecule has 0 radical (unpaired) electrons. The van der Waals surface area contributed by atoms with Crippen molar-refractivity contribution >= 4 is 0 Å². The van der Waals surface area contributed by atoms with Crippen LogP contribution in [0.25, 0.3) is 0 Å². The van der Waals surface area contributed by atoms with Gasteiger partial charge in [-0.15, -0.1) is 0 Å². The molecule has 1 unspecified atom stereocenters. The van der Waals surface area contributed by atoms with Crippen molar-refractivity contribution in [1.29, 1.82) is 0 Å². The van der Waals surface area contributed by atoms with E-state index in [0.717, 1.165) is 5.56 Å². The van der Waals surface area contributed by atoms with Crippen LogP contribution in [0.4, 0.5) is 0 Å². The third kappa shape index (κ3) is 2.93. The molecule has 0 aromatic heterocycles. The van der Waals surface area contributed by atoms with Crippen LogP contribution in [0.5, 0.6) is 0 Å². The molecule has 0 aliphatic heterocycles. The van der Waals surface area contributed by atoms with Crippen molar-refractivity contribution in [3.05, 3.63) is 35.4 Å². The van der Waals surface area contributed by atoms with E-state index in [-0.39, 0.29) is 0 Å². The molecule has 0 saturated heterocycles. The Labute approximate surface area is 110 Å². The molecule has 3 N–H and O–H groups in total. The first-order chi connectivity index (χ1) is 8.53. The Kier molecular flexibility index (Phi) is 4.08. The predicted octanol–water partition coefficient (Wildman–Crippen LogP) is 3.36. The molecule has 1 fully saturated rings. The van der Waals surface area contributed by atoms with Crippen molar-refractivity contribution in [3.8, 4) is 0 Å². The van der Waals surface area contributed by atoms with Gasteiger partial charge in [-0.1, -0.05) is 38.1 Å². The molecule has 2 rings (SSSR count). The second-order valence-corrected chi connectivity index (χ2v) is 6.32. The highest BCUT2D eigenvalue weighted by Crippen LogP contribution is 2.43. The quantitative estimate of drug-likeness (QED) is 0.860. The monoisotopic (exact) mass is 247 g/mol. The number of rotatable bonds is 3. The molecular formula is C16H25NO. The zero-order chi connectivity index (χ0) is 13.2. The molecule has 1 atom stereocenters. The second-order valence-electron chi connectivity index (χ2n) is 6.32. The molecule has 100 valence electrons. The summed E-state index contributed by atoms with van der Waals surface area (Å²) in [5.41, 5.74) is 8.42. The van der Waals surface area contributed by atoms with Crippen LogP contribution >= 0.6 is 0 Å². The van der Waals surface area contributed by atoms with Gasteiger partial charge in [0.25, 0.3) is 0 Å².